The Morgan fingerprint density at radius 3 is 2.27 bits per heavy atom. The van der Waals surface area contributed by atoms with Crippen molar-refractivity contribution in [3.8, 4) is 5.75 Å². The summed E-state index contributed by atoms with van der Waals surface area (Å²) in [5, 5.41) is 6.07. The van der Waals surface area contributed by atoms with Crippen molar-refractivity contribution < 1.29 is 18.7 Å². The average Bonchev–Trinajstić information content (AvgIpc) is 3.03. The van der Waals surface area contributed by atoms with Crippen LogP contribution in [0.2, 0.25) is 0 Å². The van der Waals surface area contributed by atoms with E-state index in [0.717, 1.165) is 37.0 Å². The van der Waals surface area contributed by atoms with Crippen molar-refractivity contribution >= 4 is 11.9 Å². The molecule has 2 fully saturated rings. The summed E-state index contributed by atoms with van der Waals surface area (Å²) in [6.07, 6.45) is 3.37. The maximum absolute atomic E-state index is 13.1. The molecule has 158 valence electrons. The maximum Gasteiger partial charge on any atom is 0.318 e. The zero-order valence-electron chi connectivity index (χ0n) is 16.9. The van der Waals surface area contributed by atoms with E-state index in [2.05, 4.69) is 10.6 Å². The van der Waals surface area contributed by atoms with E-state index in [4.69, 9.17) is 4.74 Å². The number of carbonyl (C=O) groups is 2. The number of piperidine rings is 1. The first-order chi connectivity index (χ1) is 14.5. The van der Waals surface area contributed by atoms with E-state index in [-0.39, 0.29) is 35.9 Å². The summed E-state index contributed by atoms with van der Waals surface area (Å²) in [5.74, 6) is 0.225. The minimum absolute atomic E-state index is 0.0192. The predicted molar refractivity (Wildman–Crippen MR) is 111 cm³/mol. The van der Waals surface area contributed by atoms with E-state index in [1.165, 1.54) is 24.3 Å². The van der Waals surface area contributed by atoms with Crippen molar-refractivity contribution in [2.75, 3.05) is 7.11 Å². The van der Waals surface area contributed by atoms with Crippen LogP contribution in [-0.2, 0) is 6.54 Å². The fraction of sp³-hybridized carbons (Fsp3) is 0.391. The lowest BCUT2D eigenvalue weighted by Gasteiger charge is -2.39. The van der Waals surface area contributed by atoms with Crippen LogP contribution in [0.25, 0.3) is 0 Å². The van der Waals surface area contributed by atoms with Gasteiger partial charge in [0, 0.05) is 30.2 Å². The highest BCUT2D eigenvalue weighted by Crippen LogP contribution is 2.36. The third-order valence-electron chi connectivity index (χ3n) is 6.01. The number of rotatable bonds is 5. The van der Waals surface area contributed by atoms with Gasteiger partial charge >= 0.3 is 6.03 Å². The second kappa shape index (κ2) is 8.73. The predicted octanol–water partition coefficient (Wildman–Crippen LogP) is 3.47. The molecule has 2 heterocycles. The largest absolute Gasteiger partial charge is 0.497 e. The van der Waals surface area contributed by atoms with Crippen LogP contribution < -0.4 is 15.4 Å². The topological polar surface area (TPSA) is 70.7 Å². The molecule has 7 heteroatoms. The number of nitrogens with zero attached hydrogens (tertiary/aromatic N) is 1. The number of hydrogen-bond donors (Lipinski definition) is 2. The molecule has 2 aliphatic heterocycles. The van der Waals surface area contributed by atoms with Crippen molar-refractivity contribution in [1.82, 2.24) is 15.5 Å². The van der Waals surface area contributed by atoms with Crippen LogP contribution in [-0.4, -0.2) is 42.1 Å². The lowest BCUT2D eigenvalue weighted by molar-refractivity contribution is 0.0884. The zero-order valence-corrected chi connectivity index (χ0v) is 16.9. The second-order valence-electron chi connectivity index (χ2n) is 7.95. The normalized spacial score (nSPS) is 22.5. The van der Waals surface area contributed by atoms with Crippen LogP contribution in [0.1, 0.15) is 41.6 Å². The minimum atomic E-state index is -0.362. The highest BCUT2D eigenvalue weighted by atomic mass is 19.1. The van der Waals surface area contributed by atoms with Gasteiger partial charge in [0.1, 0.15) is 11.6 Å². The third-order valence-corrected chi connectivity index (χ3v) is 6.01. The van der Waals surface area contributed by atoms with Crippen molar-refractivity contribution in [2.45, 2.75) is 50.4 Å². The minimum Gasteiger partial charge on any atom is -0.497 e. The summed E-state index contributed by atoms with van der Waals surface area (Å²) >= 11 is 0. The number of ether oxygens (including phenoxy) is 1. The molecule has 2 aliphatic rings. The van der Waals surface area contributed by atoms with Gasteiger partial charge in [0.25, 0.3) is 5.91 Å². The van der Waals surface area contributed by atoms with Gasteiger partial charge in [-0.2, -0.15) is 0 Å². The Kier molecular flexibility index (Phi) is 5.88. The Hall–Kier alpha value is -3.09. The molecular formula is C23H26FN3O3. The van der Waals surface area contributed by atoms with Crippen LogP contribution in [0.5, 0.6) is 5.75 Å². The van der Waals surface area contributed by atoms with Crippen molar-refractivity contribution in [3.63, 3.8) is 0 Å². The smallest absolute Gasteiger partial charge is 0.318 e. The Labute approximate surface area is 175 Å². The molecule has 0 radical (unpaired) electrons. The van der Waals surface area contributed by atoms with Crippen molar-refractivity contribution in [1.29, 1.82) is 0 Å². The first-order valence-electron chi connectivity index (χ1n) is 10.3. The molecule has 0 saturated carbocycles. The van der Waals surface area contributed by atoms with Crippen molar-refractivity contribution in [2.24, 2.45) is 0 Å². The van der Waals surface area contributed by atoms with E-state index in [9.17, 15) is 14.0 Å². The Balaban J connectivity index is 1.31. The molecule has 3 amide bonds. The monoisotopic (exact) mass is 411 g/mol. The molecular weight excluding hydrogens is 385 g/mol. The van der Waals surface area contributed by atoms with Gasteiger partial charge in [0.15, 0.2) is 0 Å². The number of fused-ring (bicyclic) bond motifs is 2. The summed E-state index contributed by atoms with van der Waals surface area (Å²) in [6.45, 7) is 0.462. The van der Waals surface area contributed by atoms with Gasteiger partial charge in [0.2, 0.25) is 0 Å². The van der Waals surface area contributed by atoms with E-state index in [1.54, 1.807) is 7.11 Å². The highest BCUT2D eigenvalue weighted by Gasteiger charge is 2.43. The number of urea groups is 1. The summed E-state index contributed by atoms with van der Waals surface area (Å²) in [7, 11) is 1.62. The van der Waals surface area contributed by atoms with Gasteiger partial charge in [-0.25, -0.2) is 9.18 Å². The van der Waals surface area contributed by atoms with Gasteiger partial charge < -0.3 is 20.3 Å². The molecule has 0 spiro atoms. The molecule has 0 aliphatic carbocycles. The molecule has 2 unspecified atom stereocenters. The summed E-state index contributed by atoms with van der Waals surface area (Å²) < 4.78 is 18.2. The standard InChI is InChI=1S/C23H26FN3O3/c1-30-21-10-2-15(3-11-21)14-25-23(29)27-19-8-9-20(27)13-18(12-19)26-22(28)16-4-6-17(24)7-5-16/h2-7,10-11,18-20H,8-9,12-14H2,1H3,(H,25,29)(H,26,28). The third kappa shape index (κ3) is 4.40. The molecule has 2 N–H and O–H groups in total. The first kappa shape index (κ1) is 20.2. The number of hydrogen-bond acceptors (Lipinski definition) is 3. The highest BCUT2D eigenvalue weighted by molar-refractivity contribution is 5.94. The van der Waals surface area contributed by atoms with Crippen molar-refractivity contribution in [3.05, 3.63) is 65.5 Å². The molecule has 2 aromatic rings. The van der Waals surface area contributed by atoms with Crippen LogP contribution in [0.3, 0.4) is 0 Å². The molecule has 2 saturated heterocycles. The molecule has 2 aromatic carbocycles. The molecule has 4 rings (SSSR count). The van der Waals surface area contributed by atoms with Gasteiger partial charge in [0.05, 0.1) is 7.11 Å². The van der Waals surface area contributed by atoms with Crippen LogP contribution >= 0.6 is 0 Å². The van der Waals surface area contributed by atoms with Crippen LogP contribution in [0.4, 0.5) is 9.18 Å². The van der Waals surface area contributed by atoms with Gasteiger partial charge in [-0.15, -0.1) is 0 Å². The number of benzene rings is 2. The van der Waals surface area contributed by atoms with Gasteiger partial charge in [-0.05, 0) is 67.6 Å². The Bertz CT molecular complexity index is 887. The van der Waals surface area contributed by atoms with Gasteiger partial charge in [-0.1, -0.05) is 12.1 Å². The van der Waals surface area contributed by atoms with E-state index >= 15 is 0 Å². The molecule has 2 atom stereocenters. The van der Waals surface area contributed by atoms with Gasteiger partial charge in [-0.3, -0.25) is 4.79 Å². The fourth-order valence-corrected chi connectivity index (χ4v) is 4.51. The first-order valence-corrected chi connectivity index (χ1v) is 10.3. The van der Waals surface area contributed by atoms with E-state index < -0.39 is 0 Å². The van der Waals surface area contributed by atoms with Crippen LogP contribution in [0, 0.1) is 5.82 Å². The molecule has 30 heavy (non-hydrogen) atoms. The summed E-state index contributed by atoms with van der Waals surface area (Å²) in [4.78, 5) is 27.2. The molecule has 0 aromatic heterocycles. The number of methoxy groups -OCH3 is 1. The summed E-state index contributed by atoms with van der Waals surface area (Å²) in [5.41, 5.74) is 1.46. The fourth-order valence-electron chi connectivity index (χ4n) is 4.51. The maximum atomic E-state index is 13.1. The number of nitrogens with one attached hydrogen (secondary N) is 2. The number of carbonyl (C=O) groups excluding carboxylic acids is 2. The summed E-state index contributed by atoms with van der Waals surface area (Å²) in [6, 6.07) is 13.4. The van der Waals surface area contributed by atoms with E-state index in [1.807, 2.05) is 29.2 Å². The Morgan fingerprint density at radius 1 is 1.03 bits per heavy atom. The second-order valence-corrected chi connectivity index (χ2v) is 7.95. The van der Waals surface area contributed by atoms with E-state index in [0.29, 0.717) is 12.1 Å². The quantitative estimate of drug-likeness (QED) is 0.792. The SMILES string of the molecule is COc1ccc(CNC(=O)N2C3CCC2CC(NC(=O)c2ccc(F)cc2)C3)cc1. The number of amides is 3. The average molecular weight is 411 g/mol. The zero-order chi connectivity index (χ0) is 21.1. The lowest BCUT2D eigenvalue weighted by atomic mass is 9.97. The van der Waals surface area contributed by atoms with Crippen LogP contribution in [0.15, 0.2) is 48.5 Å². The molecule has 2 bridgehead atoms. The lowest BCUT2D eigenvalue weighted by Crippen LogP contribution is -2.54. The number of halogens is 1. The molecule has 6 nitrogen and oxygen atoms in total. The Morgan fingerprint density at radius 2 is 1.67 bits per heavy atom.